The summed E-state index contributed by atoms with van der Waals surface area (Å²) < 4.78 is 5.42. The molecule has 18 heavy (non-hydrogen) atoms. The van der Waals surface area contributed by atoms with Crippen LogP contribution >= 0.6 is 0 Å². The molecule has 1 N–H and O–H groups in total. The van der Waals surface area contributed by atoms with Crippen LogP contribution in [0.15, 0.2) is 0 Å². The van der Waals surface area contributed by atoms with Crippen molar-refractivity contribution in [2.75, 3.05) is 33.4 Å². The van der Waals surface area contributed by atoms with Gasteiger partial charge in [-0.15, -0.1) is 0 Å². The number of likely N-dealkylation sites (N-methyl/N-ethyl adjacent to an activating group) is 1. The molecular weight excluding hydrogens is 224 g/mol. The summed E-state index contributed by atoms with van der Waals surface area (Å²) in [6, 6.07) is 1.26. The second-order valence-electron chi connectivity index (χ2n) is 5.94. The number of hydrogen-bond acceptors (Lipinski definition) is 3. The predicted molar refractivity (Wildman–Crippen MR) is 78.0 cm³/mol. The lowest BCUT2D eigenvalue weighted by Crippen LogP contribution is -2.43. The van der Waals surface area contributed by atoms with Crippen molar-refractivity contribution in [3.8, 4) is 0 Å². The lowest BCUT2D eigenvalue weighted by Gasteiger charge is -2.31. The molecular formula is C15H32N2O. The molecule has 1 saturated heterocycles. The van der Waals surface area contributed by atoms with Crippen LogP contribution < -0.4 is 5.32 Å². The van der Waals surface area contributed by atoms with Crippen LogP contribution in [-0.4, -0.2) is 50.3 Å². The minimum atomic E-state index is 0.618. The molecule has 0 amide bonds. The van der Waals surface area contributed by atoms with Crippen molar-refractivity contribution in [1.29, 1.82) is 0 Å². The van der Waals surface area contributed by atoms with Gasteiger partial charge in [-0.1, -0.05) is 13.3 Å². The summed E-state index contributed by atoms with van der Waals surface area (Å²) in [7, 11) is 2.26. The minimum absolute atomic E-state index is 0.618. The molecule has 0 saturated carbocycles. The van der Waals surface area contributed by atoms with Gasteiger partial charge in [0.2, 0.25) is 0 Å². The van der Waals surface area contributed by atoms with E-state index in [2.05, 4.69) is 38.0 Å². The number of nitrogens with zero attached hydrogens (tertiary/aromatic N) is 1. The van der Waals surface area contributed by atoms with Crippen molar-refractivity contribution in [2.45, 2.75) is 58.5 Å². The third-order valence-electron chi connectivity index (χ3n) is 4.12. The topological polar surface area (TPSA) is 24.5 Å². The Morgan fingerprint density at radius 3 is 2.56 bits per heavy atom. The predicted octanol–water partition coefficient (Wildman–Crippen LogP) is 2.51. The zero-order valence-electron chi connectivity index (χ0n) is 12.7. The van der Waals surface area contributed by atoms with Gasteiger partial charge in [-0.3, -0.25) is 0 Å². The van der Waals surface area contributed by atoms with Gasteiger partial charge in [0.1, 0.15) is 0 Å². The van der Waals surface area contributed by atoms with Crippen LogP contribution in [0.3, 0.4) is 0 Å². The third-order valence-corrected chi connectivity index (χ3v) is 4.12. The van der Waals surface area contributed by atoms with Crippen LogP contribution in [-0.2, 0) is 4.74 Å². The zero-order valence-corrected chi connectivity index (χ0v) is 12.7. The smallest absolute Gasteiger partial charge is 0.0469 e. The maximum absolute atomic E-state index is 5.42. The van der Waals surface area contributed by atoms with Gasteiger partial charge in [0.25, 0.3) is 0 Å². The molecule has 1 rings (SSSR count). The van der Waals surface area contributed by atoms with E-state index < -0.39 is 0 Å². The van der Waals surface area contributed by atoms with Crippen LogP contribution in [0, 0.1) is 5.92 Å². The molecule has 2 unspecified atom stereocenters. The van der Waals surface area contributed by atoms with Crippen LogP contribution in [0.2, 0.25) is 0 Å². The van der Waals surface area contributed by atoms with Crippen LogP contribution in [0.5, 0.6) is 0 Å². The first kappa shape index (κ1) is 15.9. The average Bonchev–Trinajstić information content (AvgIpc) is 2.37. The largest absolute Gasteiger partial charge is 0.381 e. The number of nitrogens with one attached hydrogen (secondary N) is 1. The van der Waals surface area contributed by atoms with E-state index in [4.69, 9.17) is 4.74 Å². The van der Waals surface area contributed by atoms with Gasteiger partial charge in [0.15, 0.2) is 0 Å². The standard InChI is InChI=1S/C15H32N2O/c1-5-6-13(2)16-11-14(3)17(4)12-15-7-9-18-10-8-15/h13-16H,5-12H2,1-4H3. The third kappa shape index (κ3) is 6.17. The van der Waals surface area contributed by atoms with Crippen molar-refractivity contribution in [3.63, 3.8) is 0 Å². The summed E-state index contributed by atoms with van der Waals surface area (Å²) in [6.45, 7) is 11.1. The molecule has 0 aliphatic carbocycles. The maximum Gasteiger partial charge on any atom is 0.0469 e. The molecule has 3 heteroatoms. The molecule has 0 bridgehead atoms. The zero-order chi connectivity index (χ0) is 13.4. The lowest BCUT2D eigenvalue weighted by atomic mass is 9.99. The lowest BCUT2D eigenvalue weighted by molar-refractivity contribution is 0.0512. The molecule has 0 aromatic carbocycles. The highest BCUT2D eigenvalue weighted by atomic mass is 16.5. The van der Waals surface area contributed by atoms with E-state index in [-0.39, 0.29) is 0 Å². The monoisotopic (exact) mass is 256 g/mol. The molecule has 1 aliphatic heterocycles. The van der Waals surface area contributed by atoms with Gasteiger partial charge < -0.3 is 15.0 Å². The SMILES string of the molecule is CCCC(C)NCC(C)N(C)CC1CCOCC1. The average molecular weight is 256 g/mol. The van der Waals surface area contributed by atoms with Crippen LogP contribution in [0.25, 0.3) is 0 Å². The van der Waals surface area contributed by atoms with Crippen LogP contribution in [0.4, 0.5) is 0 Å². The van der Waals surface area contributed by atoms with Crippen molar-refractivity contribution in [1.82, 2.24) is 10.2 Å². The van der Waals surface area contributed by atoms with Crippen molar-refractivity contribution in [3.05, 3.63) is 0 Å². The van der Waals surface area contributed by atoms with E-state index in [9.17, 15) is 0 Å². The second-order valence-corrected chi connectivity index (χ2v) is 5.94. The Morgan fingerprint density at radius 1 is 1.28 bits per heavy atom. The molecule has 108 valence electrons. The highest BCUT2D eigenvalue weighted by molar-refractivity contribution is 4.73. The van der Waals surface area contributed by atoms with Gasteiger partial charge in [-0.2, -0.15) is 0 Å². The first-order valence-electron chi connectivity index (χ1n) is 7.64. The van der Waals surface area contributed by atoms with Gasteiger partial charge in [0, 0.05) is 38.4 Å². The molecule has 0 aromatic heterocycles. The normalized spacial score (nSPS) is 21.2. The molecule has 1 aliphatic rings. The number of rotatable bonds is 8. The molecule has 0 spiro atoms. The summed E-state index contributed by atoms with van der Waals surface area (Å²) in [5.41, 5.74) is 0. The summed E-state index contributed by atoms with van der Waals surface area (Å²) in [4.78, 5) is 2.50. The Labute approximate surface area is 113 Å². The van der Waals surface area contributed by atoms with Crippen molar-refractivity contribution < 1.29 is 4.74 Å². The highest BCUT2D eigenvalue weighted by Gasteiger charge is 2.18. The first-order valence-corrected chi connectivity index (χ1v) is 7.64. The van der Waals surface area contributed by atoms with E-state index >= 15 is 0 Å². The van der Waals surface area contributed by atoms with Gasteiger partial charge in [-0.05, 0) is 46.1 Å². The molecule has 2 atom stereocenters. The highest BCUT2D eigenvalue weighted by Crippen LogP contribution is 2.16. The van der Waals surface area contributed by atoms with E-state index in [0.29, 0.717) is 12.1 Å². The Morgan fingerprint density at radius 2 is 1.94 bits per heavy atom. The Bertz CT molecular complexity index is 205. The van der Waals surface area contributed by atoms with Crippen molar-refractivity contribution >= 4 is 0 Å². The Hall–Kier alpha value is -0.120. The fraction of sp³-hybridized carbons (Fsp3) is 1.00. The molecule has 1 fully saturated rings. The number of hydrogen-bond donors (Lipinski definition) is 1. The summed E-state index contributed by atoms with van der Waals surface area (Å²) in [6.07, 6.45) is 5.00. The van der Waals surface area contributed by atoms with E-state index in [1.807, 2.05) is 0 Å². The first-order chi connectivity index (χ1) is 8.63. The quantitative estimate of drug-likeness (QED) is 0.722. The van der Waals surface area contributed by atoms with Gasteiger partial charge in [-0.25, -0.2) is 0 Å². The van der Waals surface area contributed by atoms with Gasteiger partial charge >= 0.3 is 0 Å². The Balaban J connectivity index is 2.17. The summed E-state index contributed by atoms with van der Waals surface area (Å²) >= 11 is 0. The fourth-order valence-corrected chi connectivity index (χ4v) is 2.58. The number of ether oxygens (including phenoxy) is 1. The van der Waals surface area contributed by atoms with E-state index in [1.54, 1.807) is 0 Å². The fourth-order valence-electron chi connectivity index (χ4n) is 2.58. The van der Waals surface area contributed by atoms with Gasteiger partial charge in [0.05, 0.1) is 0 Å². The van der Waals surface area contributed by atoms with Crippen LogP contribution in [0.1, 0.15) is 46.5 Å². The van der Waals surface area contributed by atoms with E-state index in [1.165, 1.54) is 32.2 Å². The molecule has 0 radical (unpaired) electrons. The summed E-state index contributed by atoms with van der Waals surface area (Å²) in [5, 5.41) is 3.64. The summed E-state index contributed by atoms with van der Waals surface area (Å²) in [5.74, 6) is 0.833. The minimum Gasteiger partial charge on any atom is -0.381 e. The van der Waals surface area contributed by atoms with E-state index in [0.717, 1.165) is 25.7 Å². The van der Waals surface area contributed by atoms with Crippen molar-refractivity contribution in [2.24, 2.45) is 5.92 Å². The maximum atomic E-state index is 5.42. The molecule has 0 aromatic rings. The Kier molecular flexibility index (Phi) is 7.87. The molecule has 3 nitrogen and oxygen atoms in total. The second kappa shape index (κ2) is 8.89. The molecule has 1 heterocycles.